The number of amides is 1. The van der Waals surface area contributed by atoms with Crippen LogP contribution in [0.5, 0.6) is 0 Å². The first kappa shape index (κ1) is 20.7. The molecule has 0 bridgehead atoms. The van der Waals surface area contributed by atoms with E-state index < -0.39 is 0 Å². The Morgan fingerprint density at radius 1 is 1.17 bits per heavy atom. The van der Waals surface area contributed by atoms with Crippen LogP contribution in [0.25, 0.3) is 22.6 Å². The van der Waals surface area contributed by atoms with E-state index in [-0.39, 0.29) is 11.7 Å². The highest BCUT2D eigenvalue weighted by atomic mass is 79.9. The lowest BCUT2D eigenvalue weighted by molar-refractivity contribution is -0.113. The normalized spacial score (nSPS) is 11.2. The van der Waals surface area contributed by atoms with E-state index in [0.717, 1.165) is 32.3 Å². The van der Waals surface area contributed by atoms with Gasteiger partial charge in [-0.25, -0.2) is 0 Å². The van der Waals surface area contributed by atoms with Crippen molar-refractivity contribution in [1.82, 2.24) is 14.8 Å². The molecule has 30 heavy (non-hydrogen) atoms. The third kappa shape index (κ3) is 4.29. The smallest absolute Gasteiger partial charge is 0.234 e. The van der Waals surface area contributed by atoms with E-state index in [1.807, 2.05) is 67.8 Å². The second-order valence-corrected chi connectivity index (χ2v) is 8.86. The van der Waals surface area contributed by atoms with Gasteiger partial charge >= 0.3 is 0 Å². The number of rotatable bonds is 6. The highest BCUT2D eigenvalue weighted by molar-refractivity contribution is 9.10. The third-order valence-electron chi connectivity index (χ3n) is 4.73. The van der Waals surface area contributed by atoms with Gasteiger partial charge in [0, 0.05) is 22.1 Å². The van der Waals surface area contributed by atoms with E-state index in [2.05, 4.69) is 31.4 Å². The Hall–Kier alpha value is -2.58. The van der Waals surface area contributed by atoms with Crippen molar-refractivity contribution in [2.24, 2.45) is 0 Å². The summed E-state index contributed by atoms with van der Waals surface area (Å²) in [5.41, 5.74) is 3.78. The summed E-state index contributed by atoms with van der Waals surface area (Å²) < 4.78 is 8.91. The van der Waals surface area contributed by atoms with Crippen LogP contribution in [-0.4, -0.2) is 26.4 Å². The second kappa shape index (κ2) is 8.65. The molecule has 8 heteroatoms. The largest absolute Gasteiger partial charge is 0.453 e. The van der Waals surface area contributed by atoms with Crippen LogP contribution in [0.1, 0.15) is 18.1 Å². The van der Waals surface area contributed by atoms with Gasteiger partial charge in [0.05, 0.1) is 5.75 Å². The summed E-state index contributed by atoms with van der Waals surface area (Å²) in [7, 11) is 0. The number of carbonyl (C=O) groups excluding carboxylic acids is 1. The van der Waals surface area contributed by atoms with Crippen LogP contribution in [0.3, 0.4) is 0 Å². The molecule has 0 spiro atoms. The van der Waals surface area contributed by atoms with Crippen molar-refractivity contribution >= 4 is 50.3 Å². The highest BCUT2D eigenvalue weighted by Gasteiger charge is 2.18. The predicted octanol–water partition coefficient (Wildman–Crippen LogP) is 5.82. The van der Waals surface area contributed by atoms with Crippen LogP contribution in [0, 0.1) is 13.8 Å². The lowest BCUT2D eigenvalue weighted by atomic mass is 10.1. The van der Waals surface area contributed by atoms with Gasteiger partial charge in [0.25, 0.3) is 0 Å². The zero-order chi connectivity index (χ0) is 21.3. The fourth-order valence-corrected chi connectivity index (χ4v) is 4.36. The molecule has 4 rings (SSSR count). The molecule has 6 nitrogen and oxygen atoms in total. The summed E-state index contributed by atoms with van der Waals surface area (Å²) in [4.78, 5) is 12.5. The minimum atomic E-state index is -0.0745. The molecule has 0 aliphatic carbocycles. The van der Waals surface area contributed by atoms with E-state index in [4.69, 9.17) is 4.42 Å². The predicted molar refractivity (Wildman–Crippen MR) is 124 cm³/mol. The van der Waals surface area contributed by atoms with Crippen molar-refractivity contribution in [2.75, 3.05) is 11.1 Å². The maximum absolute atomic E-state index is 12.5. The van der Waals surface area contributed by atoms with Crippen molar-refractivity contribution in [3.63, 3.8) is 0 Å². The second-order valence-electron chi connectivity index (χ2n) is 7.00. The first-order chi connectivity index (χ1) is 14.4. The van der Waals surface area contributed by atoms with E-state index in [9.17, 15) is 4.79 Å². The highest BCUT2D eigenvalue weighted by Crippen LogP contribution is 2.30. The summed E-state index contributed by atoms with van der Waals surface area (Å²) in [5, 5.41) is 13.3. The average molecular weight is 485 g/mol. The van der Waals surface area contributed by atoms with Gasteiger partial charge in [0.2, 0.25) is 11.7 Å². The molecule has 4 aromatic rings. The number of fused-ring (bicyclic) bond motifs is 1. The number of aromatic nitrogens is 3. The standard InChI is InChI=1S/C22H21BrN4O2S/c1-4-27-21(19-11-15-10-16(23)7-8-18(15)29-19)25-26-22(27)30-12-20(28)24-17-9-13(2)5-6-14(17)3/h5-11H,4,12H2,1-3H3,(H,24,28). The number of nitrogens with one attached hydrogen (secondary N) is 1. The molecule has 2 heterocycles. The van der Waals surface area contributed by atoms with Crippen LogP contribution in [0.2, 0.25) is 0 Å². The zero-order valence-electron chi connectivity index (χ0n) is 16.9. The van der Waals surface area contributed by atoms with Gasteiger partial charge in [-0.1, -0.05) is 39.8 Å². The number of thioether (sulfide) groups is 1. The number of nitrogens with zero attached hydrogens (tertiary/aromatic N) is 3. The molecular weight excluding hydrogens is 464 g/mol. The molecule has 0 radical (unpaired) electrons. The molecule has 154 valence electrons. The Kier molecular flexibility index (Phi) is 5.97. The summed E-state index contributed by atoms with van der Waals surface area (Å²) in [6, 6.07) is 13.8. The van der Waals surface area contributed by atoms with Crippen molar-refractivity contribution < 1.29 is 9.21 Å². The molecule has 2 aromatic heterocycles. The van der Waals surface area contributed by atoms with E-state index in [1.54, 1.807) is 0 Å². The van der Waals surface area contributed by atoms with Gasteiger partial charge in [0.1, 0.15) is 5.58 Å². The Morgan fingerprint density at radius 2 is 2.00 bits per heavy atom. The Bertz CT molecular complexity index is 1230. The third-order valence-corrected chi connectivity index (χ3v) is 6.19. The fraction of sp³-hybridized carbons (Fsp3) is 0.227. The molecule has 1 N–H and O–H groups in total. The number of halogens is 1. The number of hydrogen-bond donors (Lipinski definition) is 1. The van der Waals surface area contributed by atoms with E-state index >= 15 is 0 Å². The SMILES string of the molecule is CCn1c(SCC(=O)Nc2cc(C)ccc2C)nnc1-c1cc2cc(Br)ccc2o1. The van der Waals surface area contributed by atoms with E-state index in [0.29, 0.717) is 23.3 Å². The molecule has 1 amide bonds. The molecule has 2 aromatic carbocycles. The number of hydrogen-bond acceptors (Lipinski definition) is 5. The number of aryl methyl sites for hydroxylation is 2. The Balaban J connectivity index is 1.50. The van der Waals surface area contributed by atoms with Crippen molar-refractivity contribution in [1.29, 1.82) is 0 Å². The van der Waals surface area contributed by atoms with Crippen LogP contribution in [0.4, 0.5) is 5.69 Å². The number of carbonyl (C=O) groups is 1. The van der Waals surface area contributed by atoms with Gasteiger partial charge in [-0.05, 0) is 62.2 Å². The fourth-order valence-electron chi connectivity index (χ4n) is 3.17. The van der Waals surface area contributed by atoms with Crippen molar-refractivity contribution in [2.45, 2.75) is 32.5 Å². The van der Waals surface area contributed by atoms with Gasteiger partial charge in [-0.3, -0.25) is 9.36 Å². The molecule has 0 aliphatic rings. The quantitative estimate of drug-likeness (QED) is 0.349. The molecule has 0 unspecified atom stereocenters. The minimum absolute atomic E-state index is 0.0745. The van der Waals surface area contributed by atoms with Crippen molar-refractivity contribution in [3.05, 3.63) is 58.1 Å². The number of benzene rings is 2. The first-order valence-corrected chi connectivity index (χ1v) is 11.3. The monoisotopic (exact) mass is 484 g/mol. The molecular formula is C22H21BrN4O2S. The number of furan rings is 1. The first-order valence-electron chi connectivity index (χ1n) is 9.57. The van der Waals surface area contributed by atoms with Crippen LogP contribution in [-0.2, 0) is 11.3 Å². The summed E-state index contributed by atoms with van der Waals surface area (Å²) in [6.07, 6.45) is 0. The van der Waals surface area contributed by atoms with Crippen LogP contribution >= 0.6 is 27.7 Å². The lowest BCUT2D eigenvalue weighted by Gasteiger charge is -2.09. The maximum atomic E-state index is 12.5. The van der Waals surface area contributed by atoms with Crippen LogP contribution in [0.15, 0.2) is 56.5 Å². The topological polar surface area (TPSA) is 73.0 Å². The van der Waals surface area contributed by atoms with Gasteiger partial charge < -0.3 is 9.73 Å². The molecule has 0 saturated carbocycles. The Morgan fingerprint density at radius 3 is 2.80 bits per heavy atom. The Labute approximate surface area is 187 Å². The van der Waals surface area contributed by atoms with E-state index in [1.165, 1.54) is 11.8 Å². The maximum Gasteiger partial charge on any atom is 0.234 e. The average Bonchev–Trinajstić information content (AvgIpc) is 3.32. The van der Waals surface area contributed by atoms with Crippen LogP contribution < -0.4 is 5.32 Å². The minimum Gasteiger partial charge on any atom is -0.453 e. The lowest BCUT2D eigenvalue weighted by Crippen LogP contribution is -2.15. The molecule has 0 aliphatic heterocycles. The summed E-state index contributed by atoms with van der Waals surface area (Å²) in [6.45, 7) is 6.68. The number of anilines is 1. The van der Waals surface area contributed by atoms with Gasteiger partial charge in [0.15, 0.2) is 10.9 Å². The molecule has 0 saturated heterocycles. The zero-order valence-corrected chi connectivity index (χ0v) is 19.3. The summed E-state index contributed by atoms with van der Waals surface area (Å²) in [5.74, 6) is 1.49. The molecule has 0 atom stereocenters. The summed E-state index contributed by atoms with van der Waals surface area (Å²) >= 11 is 4.84. The van der Waals surface area contributed by atoms with Crippen molar-refractivity contribution in [3.8, 4) is 11.6 Å². The molecule has 0 fully saturated rings. The van der Waals surface area contributed by atoms with Gasteiger partial charge in [-0.15, -0.1) is 10.2 Å². The van der Waals surface area contributed by atoms with Gasteiger partial charge in [-0.2, -0.15) is 0 Å².